The summed E-state index contributed by atoms with van der Waals surface area (Å²) in [4.78, 5) is 2.29. The summed E-state index contributed by atoms with van der Waals surface area (Å²) in [5, 5.41) is 0. The van der Waals surface area contributed by atoms with Crippen LogP contribution in [0.4, 0.5) is 0 Å². The average Bonchev–Trinajstić information content (AvgIpc) is 2.62. The highest BCUT2D eigenvalue weighted by molar-refractivity contribution is 5.41. The predicted octanol–water partition coefficient (Wildman–Crippen LogP) is 5.66. The van der Waals surface area contributed by atoms with Gasteiger partial charge in [-0.15, -0.1) is 0 Å². The number of allylic oxidation sites excluding steroid dienone is 5. The second-order valence-electron chi connectivity index (χ2n) is 5.59. The summed E-state index contributed by atoms with van der Waals surface area (Å²) in [6, 6.07) is 11.1. The largest absolute Gasteiger partial charge is 0.292 e. The molecular weight excluding hydrogens is 290 g/mol. The summed E-state index contributed by atoms with van der Waals surface area (Å²) in [6.45, 7) is 14.8. The molecule has 0 N–H and O–H groups in total. The van der Waals surface area contributed by atoms with Gasteiger partial charge >= 0.3 is 0 Å². The Hall–Kier alpha value is -2.04. The zero-order valence-corrected chi connectivity index (χ0v) is 16.3. The highest BCUT2D eigenvalue weighted by Crippen LogP contribution is 2.07. The molecule has 1 aromatic carbocycles. The average molecular weight is 324 g/mol. The molecule has 0 radical (unpaired) electrons. The number of likely N-dealkylation sites (N-methyl/N-ethyl adjacent to an activating group) is 1. The van der Waals surface area contributed by atoms with Gasteiger partial charge in [0.25, 0.3) is 0 Å². The molecular formula is C23H33N. The molecule has 0 saturated heterocycles. The van der Waals surface area contributed by atoms with E-state index in [4.69, 9.17) is 0 Å². The van der Waals surface area contributed by atoms with Crippen molar-refractivity contribution in [3.63, 3.8) is 0 Å². The van der Waals surface area contributed by atoms with Crippen molar-refractivity contribution in [2.24, 2.45) is 0 Å². The van der Waals surface area contributed by atoms with Crippen molar-refractivity contribution in [3.8, 4) is 11.8 Å². The Morgan fingerprint density at radius 2 is 1.88 bits per heavy atom. The van der Waals surface area contributed by atoms with Crippen molar-refractivity contribution in [2.75, 3.05) is 13.6 Å². The minimum atomic E-state index is 0.469. The van der Waals surface area contributed by atoms with Gasteiger partial charge in [-0.2, -0.15) is 0 Å². The molecule has 1 atom stereocenters. The van der Waals surface area contributed by atoms with Crippen LogP contribution >= 0.6 is 0 Å². The van der Waals surface area contributed by atoms with Crippen LogP contribution in [0.2, 0.25) is 0 Å². The summed E-state index contributed by atoms with van der Waals surface area (Å²) in [7, 11) is 2.13. The Balaban J connectivity index is 0.00000254. The normalized spacial score (nSPS) is 12.6. The molecule has 0 aliphatic rings. The van der Waals surface area contributed by atoms with Gasteiger partial charge in [-0.05, 0) is 45.9 Å². The van der Waals surface area contributed by atoms with Crippen LogP contribution < -0.4 is 0 Å². The third-order valence-electron chi connectivity index (χ3n) is 3.70. The summed E-state index contributed by atoms with van der Waals surface area (Å²) >= 11 is 0. The van der Waals surface area contributed by atoms with Crippen molar-refractivity contribution in [1.82, 2.24) is 4.90 Å². The van der Waals surface area contributed by atoms with Crippen LogP contribution in [0.25, 0.3) is 0 Å². The molecule has 1 nitrogen and oxygen atoms in total. The van der Waals surface area contributed by atoms with Gasteiger partial charge in [0.2, 0.25) is 0 Å². The topological polar surface area (TPSA) is 3.24 Å². The molecule has 0 amide bonds. The van der Waals surface area contributed by atoms with E-state index in [0.29, 0.717) is 6.04 Å². The first-order valence-corrected chi connectivity index (χ1v) is 8.77. The van der Waals surface area contributed by atoms with Gasteiger partial charge in [-0.1, -0.05) is 80.3 Å². The van der Waals surface area contributed by atoms with Crippen LogP contribution in [-0.2, 0) is 6.42 Å². The van der Waals surface area contributed by atoms with Gasteiger partial charge in [-0.3, -0.25) is 4.90 Å². The van der Waals surface area contributed by atoms with E-state index in [0.717, 1.165) is 24.1 Å². The molecule has 0 unspecified atom stereocenters. The van der Waals surface area contributed by atoms with E-state index in [1.165, 1.54) is 5.56 Å². The van der Waals surface area contributed by atoms with Gasteiger partial charge in [0.05, 0.1) is 6.54 Å². The Labute approximate surface area is 149 Å². The quantitative estimate of drug-likeness (QED) is 0.482. The predicted molar refractivity (Wildman–Crippen MR) is 109 cm³/mol. The Kier molecular flexibility index (Phi) is 12.3. The smallest absolute Gasteiger partial charge is 0.0605 e. The zero-order valence-electron chi connectivity index (χ0n) is 16.3. The number of rotatable bonds is 6. The SMILES string of the molecule is C=C/C(C)=C\C(C#CCN(C)[C@H](C)Cc1ccccc1)=C/C.CC. The minimum Gasteiger partial charge on any atom is -0.292 e. The lowest BCUT2D eigenvalue weighted by molar-refractivity contribution is 0.287. The second-order valence-corrected chi connectivity index (χ2v) is 5.59. The van der Waals surface area contributed by atoms with E-state index in [9.17, 15) is 0 Å². The number of nitrogens with zero attached hydrogens (tertiary/aromatic N) is 1. The molecule has 1 aromatic rings. The Bertz CT molecular complexity index is 581. The first-order valence-electron chi connectivity index (χ1n) is 8.77. The number of benzene rings is 1. The summed E-state index contributed by atoms with van der Waals surface area (Å²) < 4.78 is 0. The fourth-order valence-electron chi connectivity index (χ4n) is 2.03. The maximum Gasteiger partial charge on any atom is 0.0605 e. The highest BCUT2D eigenvalue weighted by Gasteiger charge is 2.08. The lowest BCUT2D eigenvalue weighted by Crippen LogP contribution is -2.31. The van der Waals surface area contributed by atoms with Crippen molar-refractivity contribution in [1.29, 1.82) is 0 Å². The number of hydrogen-bond donors (Lipinski definition) is 0. The molecule has 0 aliphatic carbocycles. The molecule has 0 aromatic heterocycles. The highest BCUT2D eigenvalue weighted by atomic mass is 15.1. The van der Waals surface area contributed by atoms with E-state index in [-0.39, 0.29) is 0 Å². The Morgan fingerprint density at radius 3 is 2.42 bits per heavy atom. The van der Waals surface area contributed by atoms with Gasteiger partial charge in [0.15, 0.2) is 0 Å². The van der Waals surface area contributed by atoms with E-state index >= 15 is 0 Å². The maximum absolute atomic E-state index is 3.77. The monoisotopic (exact) mass is 323 g/mol. The van der Waals surface area contributed by atoms with Crippen molar-refractivity contribution in [3.05, 3.63) is 71.8 Å². The molecule has 0 bridgehead atoms. The number of hydrogen-bond acceptors (Lipinski definition) is 1. The van der Waals surface area contributed by atoms with Gasteiger partial charge in [0, 0.05) is 11.6 Å². The van der Waals surface area contributed by atoms with E-state index in [2.05, 4.69) is 73.7 Å². The molecule has 0 saturated carbocycles. The van der Waals surface area contributed by atoms with Crippen LogP contribution in [-0.4, -0.2) is 24.5 Å². The lowest BCUT2D eigenvalue weighted by atomic mass is 10.1. The summed E-state index contributed by atoms with van der Waals surface area (Å²) in [5.74, 6) is 6.49. The van der Waals surface area contributed by atoms with Crippen molar-refractivity contribution >= 4 is 0 Å². The molecule has 24 heavy (non-hydrogen) atoms. The zero-order chi connectivity index (χ0) is 18.4. The van der Waals surface area contributed by atoms with Crippen LogP contribution in [0.1, 0.15) is 40.2 Å². The van der Waals surface area contributed by atoms with Gasteiger partial charge in [0.1, 0.15) is 0 Å². The lowest BCUT2D eigenvalue weighted by Gasteiger charge is -2.22. The van der Waals surface area contributed by atoms with E-state index < -0.39 is 0 Å². The van der Waals surface area contributed by atoms with E-state index in [1.807, 2.05) is 39.8 Å². The van der Waals surface area contributed by atoms with Crippen molar-refractivity contribution < 1.29 is 0 Å². The summed E-state index contributed by atoms with van der Waals surface area (Å²) in [5.41, 5.74) is 3.54. The third kappa shape index (κ3) is 9.18. The standard InChI is InChI=1S/C21H27N.C2H6/c1-6-18(3)16-20(7-2)14-11-15-22(5)19(4)17-21-12-9-8-10-13-21;1-2/h6-10,12-13,16,19H,1,15,17H2,2-5H3;1-2H3/b18-16-,20-7-;/t19-;/m1./s1. The first-order chi connectivity index (χ1) is 11.6. The molecule has 1 rings (SSSR count). The molecule has 0 spiro atoms. The van der Waals surface area contributed by atoms with E-state index in [1.54, 1.807) is 0 Å². The third-order valence-corrected chi connectivity index (χ3v) is 3.70. The molecule has 1 heteroatoms. The molecule has 0 aliphatic heterocycles. The summed E-state index contributed by atoms with van der Waals surface area (Å²) in [6.07, 6.45) is 6.99. The maximum atomic E-state index is 3.77. The van der Waals surface area contributed by atoms with Crippen LogP contribution in [0.5, 0.6) is 0 Å². The second kappa shape index (κ2) is 13.4. The van der Waals surface area contributed by atoms with Crippen LogP contribution in [0.3, 0.4) is 0 Å². The van der Waals surface area contributed by atoms with Crippen LogP contribution in [0, 0.1) is 11.8 Å². The Morgan fingerprint density at radius 1 is 1.25 bits per heavy atom. The fraction of sp³-hybridized carbons (Fsp3) is 0.391. The molecule has 0 heterocycles. The first kappa shape index (κ1) is 22.0. The van der Waals surface area contributed by atoms with Crippen molar-refractivity contribution in [2.45, 2.75) is 47.1 Å². The van der Waals surface area contributed by atoms with Gasteiger partial charge < -0.3 is 0 Å². The molecule has 130 valence electrons. The van der Waals surface area contributed by atoms with Gasteiger partial charge in [-0.25, -0.2) is 0 Å². The fourth-order valence-corrected chi connectivity index (χ4v) is 2.03. The molecule has 0 fully saturated rings. The minimum absolute atomic E-state index is 0.469. The van der Waals surface area contributed by atoms with Crippen LogP contribution in [0.15, 0.2) is 66.3 Å².